The third-order valence-corrected chi connectivity index (χ3v) is 9.81. The lowest BCUT2D eigenvalue weighted by atomic mass is 10.1. The highest BCUT2D eigenvalue weighted by molar-refractivity contribution is 5.87. The fourth-order valence-electron chi connectivity index (χ4n) is 6.60. The number of unbranched alkanes of at least 4 members (excludes halogenated alkanes) is 2. The van der Waals surface area contributed by atoms with Crippen LogP contribution in [0.2, 0.25) is 0 Å². The van der Waals surface area contributed by atoms with Crippen molar-refractivity contribution in [1.29, 1.82) is 0 Å². The van der Waals surface area contributed by atoms with Crippen molar-refractivity contribution in [2.75, 3.05) is 97.1 Å². The Morgan fingerprint density at radius 1 is 0.883 bits per heavy atom. The first kappa shape index (κ1) is 45.5. The molecule has 1 aliphatic heterocycles. The Kier molecular flexibility index (Phi) is 18.6. The van der Waals surface area contributed by atoms with Gasteiger partial charge in [0.2, 0.25) is 11.9 Å². The molecule has 4 heterocycles. The predicted octanol–water partition coefficient (Wildman–Crippen LogP) is 2.32. The van der Waals surface area contributed by atoms with Crippen molar-refractivity contribution in [3.8, 4) is 5.75 Å². The number of anilines is 2. The van der Waals surface area contributed by atoms with Crippen LogP contribution in [-0.4, -0.2) is 148 Å². The summed E-state index contributed by atoms with van der Waals surface area (Å²) in [7, 11) is 1.70. The summed E-state index contributed by atoms with van der Waals surface area (Å²) < 4.78 is 26.3. The van der Waals surface area contributed by atoms with E-state index in [-0.39, 0.29) is 37.3 Å². The molecule has 1 aliphatic rings. The molecule has 0 bridgehead atoms. The number of nitrogen functional groups attached to an aromatic ring is 1. The van der Waals surface area contributed by atoms with Crippen molar-refractivity contribution < 1.29 is 38.4 Å². The second kappa shape index (κ2) is 24.5. The van der Waals surface area contributed by atoms with Crippen LogP contribution in [0.15, 0.2) is 36.7 Å². The normalized spacial score (nSPS) is 13.1. The van der Waals surface area contributed by atoms with Crippen LogP contribution < -0.4 is 26.4 Å². The summed E-state index contributed by atoms with van der Waals surface area (Å²) in [5.74, 6) is 0.441. The zero-order valence-corrected chi connectivity index (χ0v) is 34.8. The van der Waals surface area contributed by atoms with Gasteiger partial charge in [0.15, 0.2) is 5.82 Å². The number of nitrogens with one attached hydrogen (secondary N) is 3. The fourth-order valence-corrected chi connectivity index (χ4v) is 6.60. The Labute approximate surface area is 350 Å². The van der Waals surface area contributed by atoms with Crippen molar-refractivity contribution in [1.82, 2.24) is 50.0 Å². The Morgan fingerprint density at radius 3 is 2.40 bits per heavy atom. The van der Waals surface area contributed by atoms with Crippen LogP contribution in [0, 0.1) is 0 Å². The van der Waals surface area contributed by atoms with E-state index in [0.717, 1.165) is 79.2 Å². The molecular weight excluding hydrogens is 777 g/mol. The topological polar surface area (TPSA) is 238 Å². The molecule has 0 unspecified atom stereocenters. The number of urea groups is 1. The van der Waals surface area contributed by atoms with Gasteiger partial charge in [-0.25, -0.2) is 14.5 Å². The number of hydrogen-bond donors (Lipinski definition) is 5. The molecule has 1 aromatic carbocycles. The molecule has 328 valence electrons. The maximum absolute atomic E-state index is 12.8. The number of carbonyl (C=O) groups is 3. The van der Waals surface area contributed by atoms with Gasteiger partial charge in [-0.05, 0) is 24.1 Å². The molecule has 5 rings (SSSR count). The molecular formula is C40H60N12O8. The number of methoxy groups -OCH3 is 1. The third-order valence-electron chi connectivity index (χ3n) is 9.81. The molecule has 6 N–H and O–H groups in total. The van der Waals surface area contributed by atoms with Crippen LogP contribution in [0.1, 0.15) is 55.8 Å². The molecule has 0 spiro atoms. The number of ether oxygens (including phenoxy) is 4. The summed E-state index contributed by atoms with van der Waals surface area (Å²) in [6.07, 6.45) is 6.76. The summed E-state index contributed by atoms with van der Waals surface area (Å²) in [5.41, 5.74) is 10.5. The Morgan fingerprint density at radius 2 is 1.65 bits per heavy atom. The number of benzene rings is 1. The number of rotatable bonds is 27. The summed E-state index contributed by atoms with van der Waals surface area (Å²) in [5, 5.41) is 25.6. The van der Waals surface area contributed by atoms with E-state index in [2.05, 4.69) is 70.8 Å². The fraction of sp³-hybridized carbons (Fsp3) is 0.575. The lowest BCUT2D eigenvalue weighted by Gasteiger charge is -2.34. The summed E-state index contributed by atoms with van der Waals surface area (Å²) >= 11 is 0. The average Bonchev–Trinajstić information content (AvgIpc) is 3.88. The van der Waals surface area contributed by atoms with Gasteiger partial charge in [0, 0.05) is 64.0 Å². The zero-order chi connectivity index (χ0) is 42.5. The standard InChI is InChI=1S/C40H60N12O8/c1-3-4-5-11-42-38-37-33(45-39(41)46-38)10-13-51(37)28-31-7-6-30(25-34(31)57-2)27-49-14-16-50(17-15-49)40(56)43-12-19-58-21-23-60-24-22-59-20-18-52-29-32(47-48-52)26-44-35(53)8-9-36(54)55/h6-7,10,13,25,29H,3-5,8-9,11-12,14-24,26-28H2,1-2H3,(H,43,56)(H,44,53)(H,54,55)(H3,41,42,45,46). The van der Waals surface area contributed by atoms with Crippen LogP contribution in [-0.2, 0) is 50.0 Å². The van der Waals surface area contributed by atoms with Gasteiger partial charge in [0.1, 0.15) is 17.0 Å². The van der Waals surface area contributed by atoms with Crippen LogP contribution in [0.4, 0.5) is 16.6 Å². The minimum absolute atomic E-state index is 0.0811. The highest BCUT2D eigenvalue weighted by atomic mass is 16.5. The maximum atomic E-state index is 12.8. The van der Waals surface area contributed by atoms with E-state index in [9.17, 15) is 14.4 Å². The molecule has 20 nitrogen and oxygen atoms in total. The molecule has 1 saturated heterocycles. The quantitative estimate of drug-likeness (QED) is 0.0542. The van der Waals surface area contributed by atoms with Crippen molar-refractivity contribution in [2.24, 2.45) is 0 Å². The number of nitrogens with two attached hydrogens (primary N) is 1. The first-order chi connectivity index (χ1) is 29.2. The number of aliphatic carboxylic acids is 1. The van der Waals surface area contributed by atoms with E-state index in [1.54, 1.807) is 18.0 Å². The Balaban J connectivity index is 0.902. The van der Waals surface area contributed by atoms with E-state index in [0.29, 0.717) is 78.1 Å². The van der Waals surface area contributed by atoms with Crippen LogP contribution in [0.5, 0.6) is 5.75 Å². The van der Waals surface area contributed by atoms with Crippen molar-refractivity contribution >= 4 is 40.7 Å². The molecule has 0 atom stereocenters. The second-order valence-electron chi connectivity index (χ2n) is 14.4. The van der Waals surface area contributed by atoms with Crippen LogP contribution in [0.25, 0.3) is 11.0 Å². The number of hydrogen-bond acceptors (Lipinski definition) is 14. The van der Waals surface area contributed by atoms with E-state index in [4.69, 9.17) is 29.8 Å². The van der Waals surface area contributed by atoms with Crippen molar-refractivity contribution in [2.45, 2.75) is 65.2 Å². The first-order valence-corrected chi connectivity index (χ1v) is 20.6. The van der Waals surface area contributed by atoms with Crippen molar-refractivity contribution in [3.63, 3.8) is 0 Å². The lowest BCUT2D eigenvalue weighted by molar-refractivity contribution is -0.138. The molecule has 20 heteroatoms. The van der Waals surface area contributed by atoms with E-state index in [1.807, 2.05) is 17.2 Å². The summed E-state index contributed by atoms with van der Waals surface area (Å²) in [4.78, 5) is 48.1. The monoisotopic (exact) mass is 836 g/mol. The number of nitrogens with zero attached hydrogens (tertiary/aromatic N) is 8. The molecule has 0 radical (unpaired) electrons. The number of fused-ring (bicyclic) bond motifs is 1. The molecule has 3 amide bonds. The van der Waals surface area contributed by atoms with E-state index in [1.165, 1.54) is 0 Å². The molecule has 4 aromatic rings. The minimum Gasteiger partial charge on any atom is -0.496 e. The molecule has 60 heavy (non-hydrogen) atoms. The van der Waals surface area contributed by atoms with Crippen LogP contribution >= 0.6 is 0 Å². The highest BCUT2D eigenvalue weighted by Crippen LogP contribution is 2.27. The molecule has 3 aromatic heterocycles. The van der Waals surface area contributed by atoms with E-state index < -0.39 is 5.97 Å². The van der Waals surface area contributed by atoms with Gasteiger partial charge in [-0.2, -0.15) is 4.98 Å². The number of carboxylic acid groups (broad SMARTS) is 1. The van der Waals surface area contributed by atoms with Gasteiger partial charge in [0.05, 0.1) is 84.5 Å². The van der Waals surface area contributed by atoms with Gasteiger partial charge in [-0.15, -0.1) is 5.10 Å². The van der Waals surface area contributed by atoms with Gasteiger partial charge in [0.25, 0.3) is 0 Å². The molecule has 0 aliphatic carbocycles. The first-order valence-electron chi connectivity index (χ1n) is 20.6. The largest absolute Gasteiger partial charge is 0.496 e. The number of carboxylic acids is 1. The minimum atomic E-state index is -1.02. The Bertz CT molecular complexity index is 1950. The number of aromatic nitrogens is 6. The van der Waals surface area contributed by atoms with Gasteiger partial charge < -0.3 is 55.2 Å². The zero-order valence-electron chi connectivity index (χ0n) is 34.8. The smallest absolute Gasteiger partial charge is 0.317 e. The van der Waals surface area contributed by atoms with E-state index >= 15 is 0 Å². The second-order valence-corrected chi connectivity index (χ2v) is 14.4. The molecule has 0 saturated carbocycles. The molecule has 1 fully saturated rings. The van der Waals surface area contributed by atoms with Gasteiger partial charge in [-0.3, -0.25) is 14.5 Å². The Hall–Kier alpha value is -5.57. The number of piperazine rings is 1. The summed E-state index contributed by atoms with van der Waals surface area (Å²) in [6.45, 7) is 10.6. The van der Waals surface area contributed by atoms with Gasteiger partial charge >= 0.3 is 12.0 Å². The third kappa shape index (κ3) is 14.9. The van der Waals surface area contributed by atoms with Crippen LogP contribution in [0.3, 0.4) is 0 Å². The highest BCUT2D eigenvalue weighted by Gasteiger charge is 2.21. The predicted molar refractivity (Wildman–Crippen MR) is 223 cm³/mol. The summed E-state index contributed by atoms with van der Waals surface area (Å²) in [6, 6.07) is 8.22. The van der Waals surface area contributed by atoms with Crippen molar-refractivity contribution in [3.05, 3.63) is 53.5 Å². The number of carbonyl (C=O) groups excluding carboxylic acids is 2. The van der Waals surface area contributed by atoms with Gasteiger partial charge in [-0.1, -0.05) is 37.1 Å². The average molecular weight is 837 g/mol. The number of amides is 3. The SMILES string of the molecule is CCCCCNc1nc(N)nc2ccn(Cc3ccc(CN4CCN(C(=O)NCCOCCOCCOCCn5cc(CNC(=O)CCC(=O)O)nn5)CC4)cc3OC)c12. The maximum Gasteiger partial charge on any atom is 0.317 e. The lowest BCUT2D eigenvalue weighted by Crippen LogP contribution is -2.51.